The Labute approximate surface area is 242 Å². The van der Waals surface area contributed by atoms with Crippen molar-refractivity contribution in [3.8, 4) is 5.75 Å². The van der Waals surface area contributed by atoms with Gasteiger partial charge >= 0.3 is 0 Å². The number of anilines is 2. The number of amides is 2. The van der Waals surface area contributed by atoms with Gasteiger partial charge in [-0.1, -0.05) is 11.6 Å². The van der Waals surface area contributed by atoms with Crippen LogP contribution >= 0.6 is 11.6 Å². The number of carbonyl (C=O) groups excluding carboxylic acids is 2. The Morgan fingerprint density at radius 3 is 2.80 bits per heavy atom. The second-order valence-electron chi connectivity index (χ2n) is 10.2. The predicted octanol–water partition coefficient (Wildman–Crippen LogP) is 2.33. The molecule has 5 rings (SSSR count). The number of aliphatic hydroxyl groups is 1. The second-order valence-corrected chi connectivity index (χ2v) is 10.6. The number of H-pyrrole nitrogens is 1. The molecule has 12 nitrogen and oxygen atoms in total. The van der Waals surface area contributed by atoms with E-state index in [-0.39, 0.29) is 47.0 Å². The van der Waals surface area contributed by atoms with E-state index in [0.717, 1.165) is 37.1 Å². The number of aliphatic hydroxyl groups excluding tert-OH is 1. The lowest BCUT2D eigenvalue weighted by molar-refractivity contribution is -0.113. The van der Waals surface area contributed by atoms with Gasteiger partial charge in [0.25, 0.3) is 11.8 Å². The molecule has 0 unspecified atom stereocenters. The van der Waals surface area contributed by atoms with Crippen LogP contribution in [0.15, 0.2) is 18.5 Å². The number of fused-ring (bicyclic) bond motifs is 1. The van der Waals surface area contributed by atoms with Gasteiger partial charge in [0.2, 0.25) is 5.95 Å². The summed E-state index contributed by atoms with van der Waals surface area (Å²) in [5.41, 5.74) is 9.82. The van der Waals surface area contributed by atoms with Gasteiger partial charge in [0.1, 0.15) is 10.9 Å². The van der Waals surface area contributed by atoms with Crippen molar-refractivity contribution in [2.75, 3.05) is 43.9 Å². The van der Waals surface area contributed by atoms with Crippen molar-refractivity contribution in [1.29, 1.82) is 0 Å². The minimum Gasteiger partial charge on any atom is -0.496 e. The first-order valence-corrected chi connectivity index (χ1v) is 13.8. The third kappa shape index (κ3) is 5.90. The van der Waals surface area contributed by atoms with E-state index in [2.05, 4.69) is 30.2 Å². The van der Waals surface area contributed by atoms with Crippen LogP contribution in [0.2, 0.25) is 5.15 Å². The van der Waals surface area contributed by atoms with Gasteiger partial charge in [-0.15, -0.1) is 0 Å². The van der Waals surface area contributed by atoms with E-state index in [4.69, 9.17) is 22.1 Å². The fraction of sp³-hybridized carbons (Fsp3) is 0.393. The highest BCUT2D eigenvalue weighted by Gasteiger charge is 2.37. The van der Waals surface area contributed by atoms with Crippen molar-refractivity contribution >= 4 is 46.8 Å². The number of methoxy groups -OCH3 is 1. The maximum Gasteiger partial charge on any atom is 0.260 e. The quantitative estimate of drug-likeness (QED) is 0.231. The van der Waals surface area contributed by atoms with Crippen molar-refractivity contribution in [2.45, 2.75) is 39.3 Å². The molecule has 1 saturated heterocycles. The van der Waals surface area contributed by atoms with Crippen LogP contribution in [-0.4, -0.2) is 81.1 Å². The van der Waals surface area contributed by atoms with E-state index in [0.29, 0.717) is 41.4 Å². The van der Waals surface area contributed by atoms with Gasteiger partial charge in [-0.3, -0.25) is 19.5 Å². The van der Waals surface area contributed by atoms with Crippen LogP contribution in [0.1, 0.15) is 51.3 Å². The average Bonchev–Trinajstić information content (AvgIpc) is 3.50. The van der Waals surface area contributed by atoms with E-state index in [9.17, 15) is 14.7 Å². The van der Waals surface area contributed by atoms with Crippen molar-refractivity contribution in [1.82, 2.24) is 30.2 Å². The molecular weight excluding hydrogens is 548 g/mol. The van der Waals surface area contributed by atoms with Gasteiger partial charge in [-0.25, -0.2) is 4.98 Å². The maximum atomic E-state index is 13.7. The standard InChI is InChI=1S/C28H33ClN8O4/c1-15-12-33-21(16(2)23(15)41-3)14-37-25-22(24(29)34-28(30)35-25)20(27(37)40)11-18-10-17(13-32-18)26(39)31-6-9-36-7-4-19(38)5-8-36/h10-13,19,32,38H,4-9,14H2,1-3H3,(H,31,39)(H2,30,34,35). The van der Waals surface area contributed by atoms with Crippen molar-refractivity contribution in [3.63, 3.8) is 0 Å². The molecule has 2 amide bonds. The van der Waals surface area contributed by atoms with Gasteiger partial charge in [-0.2, -0.15) is 4.98 Å². The lowest BCUT2D eigenvalue weighted by Crippen LogP contribution is -2.40. The first-order valence-electron chi connectivity index (χ1n) is 13.4. The smallest absolute Gasteiger partial charge is 0.260 e. The van der Waals surface area contributed by atoms with Gasteiger partial charge in [-0.05, 0) is 38.8 Å². The van der Waals surface area contributed by atoms with E-state index in [1.807, 2.05) is 13.8 Å². The zero-order chi connectivity index (χ0) is 29.3. The number of hydrogen-bond acceptors (Lipinski definition) is 9. The largest absolute Gasteiger partial charge is 0.496 e. The number of pyridine rings is 1. The van der Waals surface area contributed by atoms with Crippen LogP contribution in [0, 0.1) is 13.8 Å². The second kappa shape index (κ2) is 11.9. The zero-order valence-electron chi connectivity index (χ0n) is 23.2. The summed E-state index contributed by atoms with van der Waals surface area (Å²) in [7, 11) is 1.59. The van der Waals surface area contributed by atoms with E-state index in [1.54, 1.807) is 31.6 Å². The number of rotatable bonds is 8. The molecular formula is C28H33ClN8O4. The van der Waals surface area contributed by atoms with Crippen LogP contribution < -0.4 is 20.7 Å². The number of aryl methyl sites for hydroxylation is 1. The number of aromatic nitrogens is 4. The Morgan fingerprint density at radius 2 is 2.07 bits per heavy atom. The van der Waals surface area contributed by atoms with E-state index < -0.39 is 0 Å². The summed E-state index contributed by atoms with van der Waals surface area (Å²) in [5, 5.41) is 12.6. The fourth-order valence-corrected chi connectivity index (χ4v) is 5.50. The zero-order valence-corrected chi connectivity index (χ0v) is 24.0. The van der Waals surface area contributed by atoms with Crippen LogP contribution in [0.4, 0.5) is 11.8 Å². The first kappa shape index (κ1) is 28.5. The van der Waals surface area contributed by atoms with E-state index >= 15 is 0 Å². The molecule has 5 N–H and O–H groups in total. The summed E-state index contributed by atoms with van der Waals surface area (Å²) in [6, 6.07) is 1.66. The lowest BCUT2D eigenvalue weighted by atomic mass is 10.1. The number of carbonyl (C=O) groups is 2. The number of likely N-dealkylation sites (tertiary alicyclic amines) is 1. The van der Waals surface area contributed by atoms with Crippen LogP contribution in [0.5, 0.6) is 5.75 Å². The Bertz CT molecular complexity index is 1510. The molecule has 0 atom stereocenters. The first-order chi connectivity index (χ1) is 19.7. The molecule has 0 spiro atoms. The maximum absolute atomic E-state index is 13.7. The highest BCUT2D eigenvalue weighted by atomic mass is 35.5. The number of nitrogen functional groups attached to an aromatic ring is 1. The highest BCUT2D eigenvalue weighted by Crippen LogP contribution is 2.41. The van der Waals surface area contributed by atoms with Crippen molar-refractivity contribution in [2.24, 2.45) is 0 Å². The molecule has 13 heteroatoms. The van der Waals surface area contributed by atoms with Crippen molar-refractivity contribution < 1.29 is 19.4 Å². The molecule has 2 aliphatic heterocycles. The average molecular weight is 581 g/mol. The summed E-state index contributed by atoms with van der Waals surface area (Å²) in [4.78, 5) is 46.1. The van der Waals surface area contributed by atoms with Crippen LogP contribution in [-0.2, 0) is 11.3 Å². The predicted molar refractivity (Wildman–Crippen MR) is 156 cm³/mol. The molecule has 0 bridgehead atoms. The Hall–Kier alpha value is -4.00. The molecule has 0 aromatic carbocycles. The Balaban J connectivity index is 1.36. The van der Waals surface area contributed by atoms with Gasteiger partial charge in [0.15, 0.2) is 5.82 Å². The number of halogens is 1. The Morgan fingerprint density at radius 1 is 1.32 bits per heavy atom. The SMILES string of the molecule is COc1c(C)cnc(CN2C(=O)C(=Cc3cc(C(=O)NCCN4CCC(O)CC4)c[nH]3)c3c(Cl)nc(N)nc32)c1C. The molecule has 41 heavy (non-hydrogen) atoms. The molecule has 0 aliphatic carbocycles. The van der Waals surface area contributed by atoms with Crippen molar-refractivity contribution in [3.05, 3.63) is 57.3 Å². The molecule has 216 valence electrons. The number of nitrogens with one attached hydrogen (secondary N) is 2. The number of hydrogen-bond donors (Lipinski definition) is 4. The van der Waals surface area contributed by atoms with Gasteiger partial charge < -0.3 is 30.8 Å². The molecule has 0 radical (unpaired) electrons. The molecule has 0 saturated carbocycles. The third-order valence-corrected chi connectivity index (χ3v) is 7.73. The lowest BCUT2D eigenvalue weighted by Gasteiger charge is -2.29. The number of nitrogens with zero attached hydrogens (tertiary/aromatic N) is 5. The van der Waals surface area contributed by atoms with Gasteiger partial charge in [0, 0.05) is 55.4 Å². The van der Waals surface area contributed by atoms with Crippen LogP contribution in [0.25, 0.3) is 11.6 Å². The summed E-state index contributed by atoms with van der Waals surface area (Å²) in [5.74, 6) is 0.346. The minimum absolute atomic E-state index is 0.0514. The fourth-order valence-electron chi connectivity index (χ4n) is 5.23. The summed E-state index contributed by atoms with van der Waals surface area (Å²) < 4.78 is 5.53. The summed E-state index contributed by atoms with van der Waals surface area (Å²) >= 11 is 6.48. The normalized spacial score (nSPS) is 16.9. The number of nitrogens with two attached hydrogens (primary N) is 1. The molecule has 3 aromatic heterocycles. The number of piperidine rings is 1. The minimum atomic E-state index is -0.352. The van der Waals surface area contributed by atoms with Gasteiger partial charge in [0.05, 0.1) is 42.2 Å². The third-order valence-electron chi connectivity index (χ3n) is 7.46. The summed E-state index contributed by atoms with van der Waals surface area (Å²) in [6.07, 6.45) is 6.18. The molecule has 2 aliphatic rings. The Kier molecular flexibility index (Phi) is 8.25. The number of ether oxygens (including phenoxy) is 1. The topological polar surface area (TPSA) is 163 Å². The summed E-state index contributed by atoms with van der Waals surface area (Å²) in [6.45, 7) is 6.74. The van der Waals surface area contributed by atoms with Crippen LogP contribution in [0.3, 0.4) is 0 Å². The highest BCUT2D eigenvalue weighted by molar-refractivity contribution is 6.41. The molecule has 1 fully saturated rings. The monoisotopic (exact) mass is 580 g/mol. The number of aromatic amines is 1. The molecule has 3 aromatic rings. The molecule has 5 heterocycles. The van der Waals surface area contributed by atoms with E-state index in [1.165, 1.54) is 4.90 Å².